The first-order valence-corrected chi connectivity index (χ1v) is 5.64. The lowest BCUT2D eigenvalue weighted by molar-refractivity contribution is 0.527. The van der Waals surface area contributed by atoms with Crippen molar-refractivity contribution in [2.75, 3.05) is 0 Å². The SMILES string of the molecule is NC(Cn1ccnc1Br)c1ccccc1F. The van der Waals surface area contributed by atoms with Crippen LogP contribution in [0.15, 0.2) is 41.4 Å². The minimum atomic E-state index is -0.383. The Labute approximate surface area is 101 Å². The van der Waals surface area contributed by atoms with Gasteiger partial charge in [-0.15, -0.1) is 0 Å². The second-order valence-corrected chi connectivity index (χ2v) is 4.19. The standard InChI is InChI=1S/C11H11BrFN3/c12-11-15-5-6-16(11)7-10(14)8-3-1-2-4-9(8)13/h1-6,10H,7,14H2. The lowest BCUT2D eigenvalue weighted by Crippen LogP contribution is -2.18. The summed E-state index contributed by atoms with van der Waals surface area (Å²) in [7, 11) is 0. The van der Waals surface area contributed by atoms with E-state index in [1.807, 2.05) is 4.57 Å². The van der Waals surface area contributed by atoms with Gasteiger partial charge in [0.1, 0.15) is 5.82 Å². The summed E-state index contributed by atoms with van der Waals surface area (Å²) in [6, 6.07) is 6.16. The molecular weight excluding hydrogens is 273 g/mol. The Kier molecular flexibility index (Phi) is 3.36. The smallest absolute Gasteiger partial charge is 0.177 e. The second kappa shape index (κ2) is 4.76. The van der Waals surface area contributed by atoms with Gasteiger partial charge in [0, 0.05) is 24.5 Å². The van der Waals surface area contributed by atoms with Crippen molar-refractivity contribution >= 4 is 15.9 Å². The highest BCUT2D eigenvalue weighted by Gasteiger charge is 2.12. The summed E-state index contributed by atoms with van der Waals surface area (Å²) in [5.41, 5.74) is 6.46. The normalized spacial score (nSPS) is 12.7. The number of rotatable bonds is 3. The van der Waals surface area contributed by atoms with E-state index in [-0.39, 0.29) is 11.9 Å². The van der Waals surface area contributed by atoms with Gasteiger partial charge in [0.15, 0.2) is 4.73 Å². The third kappa shape index (κ3) is 2.31. The van der Waals surface area contributed by atoms with Gasteiger partial charge >= 0.3 is 0 Å². The van der Waals surface area contributed by atoms with E-state index in [1.54, 1.807) is 30.6 Å². The monoisotopic (exact) mass is 283 g/mol. The first-order chi connectivity index (χ1) is 7.68. The van der Waals surface area contributed by atoms with Gasteiger partial charge in [0.05, 0.1) is 6.04 Å². The first kappa shape index (κ1) is 11.3. The summed E-state index contributed by atoms with van der Waals surface area (Å²) in [4.78, 5) is 4.02. The fourth-order valence-electron chi connectivity index (χ4n) is 1.53. The molecule has 1 atom stereocenters. The molecule has 3 nitrogen and oxygen atoms in total. The van der Waals surface area contributed by atoms with E-state index in [2.05, 4.69) is 20.9 Å². The number of aromatic nitrogens is 2. The molecule has 2 rings (SSSR count). The Morgan fingerprint density at radius 1 is 1.44 bits per heavy atom. The largest absolute Gasteiger partial charge is 0.324 e. The molecule has 2 N–H and O–H groups in total. The number of halogens is 2. The fourth-order valence-corrected chi connectivity index (χ4v) is 1.91. The summed E-state index contributed by atoms with van der Waals surface area (Å²) in [5.74, 6) is -0.272. The average molecular weight is 284 g/mol. The van der Waals surface area contributed by atoms with Gasteiger partial charge in [0.2, 0.25) is 0 Å². The summed E-state index contributed by atoms with van der Waals surface area (Å²) in [5, 5.41) is 0. The van der Waals surface area contributed by atoms with Gasteiger partial charge in [-0.25, -0.2) is 9.37 Å². The molecule has 84 valence electrons. The molecule has 0 bridgehead atoms. The van der Waals surface area contributed by atoms with E-state index < -0.39 is 0 Å². The van der Waals surface area contributed by atoms with Crippen molar-refractivity contribution < 1.29 is 4.39 Å². The molecule has 0 saturated heterocycles. The van der Waals surface area contributed by atoms with Crippen molar-refractivity contribution in [2.24, 2.45) is 5.73 Å². The van der Waals surface area contributed by atoms with E-state index in [4.69, 9.17) is 5.73 Å². The average Bonchev–Trinajstić information content (AvgIpc) is 2.65. The highest BCUT2D eigenvalue weighted by Crippen LogP contribution is 2.18. The van der Waals surface area contributed by atoms with Gasteiger partial charge < -0.3 is 10.3 Å². The summed E-state index contributed by atoms with van der Waals surface area (Å²) >= 11 is 3.29. The van der Waals surface area contributed by atoms with Crippen LogP contribution in [0, 0.1) is 5.82 Å². The Balaban J connectivity index is 2.18. The molecule has 0 aliphatic rings. The number of nitrogens with zero attached hydrogens (tertiary/aromatic N) is 2. The third-order valence-electron chi connectivity index (χ3n) is 2.36. The lowest BCUT2D eigenvalue weighted by Gasteiger charge is -2.14. The van der Waals surface area contributed by atoms with Crippen molar-refractivity contribution in [3.63, 3.8) is 0 Å². The van der Waals surface area contributed by atoms with Gasteiger partial charge in [-0.3, -0.25) is 0 Å². The highest BCUT2D eigenvalue weighted by atomic mass is 79.9. The van der Waals surface area contributed by atoms with E-state index in [9.17, 15) is 4.39 Å². The van der Waals surface area contributed by atoms with Crippen LogP contribution in [0.1, 0.15) is 11.6 Å². The number of imidazole rings is 1. The highest BCUT2D eigenvalue weighted by molar-refractivity contribution is 9.10. The van der Waals surface area contributed by atoms with Crippen LogP contribution in [0.2, 0.25) is 0 Å². The van der Waals surface area contributed by atoms with Crippen molar-refractivity contribution in [1.29, 1.82) is 0 Å². The molecule has 2 aromatic rings. The van der Waals surface area contributed by atoms with Crippen LogP contribution in [0.3, 0.4) is 0 Å². The molecule has 0 aliphatic heterocycles. The summed E-state index contributed by atoms with van der Waals surface area (Å²) in [6.45, 7) is 0.488. The minimum Gasteiger partial charge on any atom is -0.324 e. The van der Waals surface area contributed by atoms with Crippen molar-refractivity contribution in [2.45, 2.75) is 12.6 Å². The Morgan fingerprint density at radius 3 is 2.81 bits per heavy atom. The lowest BCUT2D eigenvalue weighted by atomic mass is 10.1. The molecule has 1 aromatic carbocycles. The molecule has 0 saturated carbocycles. The Hall–Kier alpha value is -1.20. The van der Waals surface area contributed by atoms with E-state index >= 15 is 0 Å². The van der Waals surface area contributed by atoms with Crippen molar-refractivity contribution in [3.05, 3.63) is 52.8 Å². The maximum atomic E-state index is 13.5. The maximum absolute atomic E-state index is 13.5. The molecule has 1 aromatic heterocycles. The molecule has 5 heteroatoms. The number of hydrogen-bond donors (Lipinski definition) is 1. The van der Waals surface area contributed by atoms with Crippen molar-refractivity contribution in [1.82, 2.24) is 9.55 Å². The predicted octanol–water partition coefficient (Wildman–Crippen LogP) is 2.48. The molecule has 1 unspecified atom stereocenters. The van der Waals surface area contributed by atoms with E-state index in [0.717, 1.165) is 0 Å². The molecule has 0 radical (unpaired) electrons. The van der Waals surface area contributed by atoms with Crippen LogP contribution in [0.25, 0.3) is 0 Å². The van der Waals surface area contributed by atoms with Crippen LogP contribution < -0.4 is 5.73 Å². The van der Waals surface area contributed by atoms with Crippen molar-refractivity contribution in [3.8, 4) is 0 Å². The molecule has 1 heterocycles. The van der Waals surface area contributed by atoms with E-state index in [1.165, 1.54) is 6.07 Å². The van der Waals surface area contributed by atoms with Gasteiger partial charge in [-0.05, 0) is 22.0 Å². The Morgan fingerprint density at radius 2 is 2.19 bits per heavy atom. The van der Waals surface area contributed by atoms with Gasteiger partial charge in [-0.2, -0.15) is 0 Å². The number of hydrogen-bond acceptors (Lipinski definition) is 2. The van der Waals surface area contributed by atoms with Crippen LogP contribution >= 0.6 is 15.9 Å². The molecule has 0 aliphatic carbocycles. The molecule has 16 heavy (non-hydrogen) atoms. The zero-order chi connectivity index (χ0) is 11.5. The molecule has 0 fully saturated rings. The third-order valence-corrected chi connectivity index (χ3v) is 3.02. The summed E-state index contributed by atoms with van der Waals surface area (Å²) < 4.78 is 16.0. The second-order valence-electron chi connectivity index (χ2n) is 3.48. The molecule has 0 spiro atoms. The minimum absolute atomic E-state index is 0.272. The fraction of sp³-hybridized carbons (Fsp3) is 0.182. The van der Waals surface area contributed by atoms with Crippen LogP contribution in [0.5, 0.6) is 0 Å². The zero-order valence-corrected chi connectivity index (χ0v) is 10.1. The van der Waals surface area contributed by atoms with E-state index in [0.29, 0.717) is 16.8 Å². The molecular formula is C11H11BrFN3. The molecule has 0 amide bonds. The Bertz CT molecular complexity index is 484. The zero-order valence-electron chi connectivity index (χ0n) is 8.48. The van der Waals surface area contributed by atoms with Gasteiger partial charge in [-0.1, -0.05) is 18.2 Å². The number of benzene rings is 1. The topological polar surface area (TPSA) is 43.8 Å². The first-order valence-electron chi connectivity index (χ1n) is 4.85. The maximum Gasteiger partial charge on any atom is 0.177 e. The van der Waals surface area contributed by atoms with Crippen LogP contribution in [-0.2, 0) is 6.54 Å². The van der Waals surface area contributed by atoms with Crippen LogP contribution in [0.4, 0.5) is 4.39 Å². The summed E-state index contributed by atoms with van der Waals surface area (Å²) in [6.07, 6.45) is 3.46. The van der Waals surface area contributed by atoms with Crippen LogP contribution in [-0.4, -0.2) is 9.55 Å². The van der Waals surface area contributed by atoms with Gasteiger partial charge in [0.25, 0.3) is 0 Å². The predicted molar refractivity (Wildman–Crippen MR) is 63.3 cm³/mol. The number of nitrogens with two attached hydrogens (primary N) is 1. The quantitative estimate of drug-likeness (QED) is 0.941.